The molecule has 0 atom stereocenters. The molecule has 0 saturated carbocycles. The zero-order chi connectivity index (χ0) is 10.4. The van der Waals surface area contributed by atoms with E-state index in [2.05, 4.69) is 37.5 Å². The molecule has 0 aliphatic rings. The van der Waals surface area contributed by atoms with Crippen LogP contribution in [-0.4, -0.2) is 36.8 Å². The van der Waals surface area contributed by atoms with Gasteiger partial charge in [-0.2, -0.15) is 0 Å². The Morgan fingerprint density at radius 3 is 0.750 bits per heavy atom. The van der Waals surface area contributed by atoms with Crippen LogP contribution in [0, 0.1) is 20.7 Å². The molecule has 0 spiro atoms. The Hall–Kier alpha value is 0.717. The first-order valence-electron chi connectivity index (χ1n) is 4.08. The van der Waals surface area contributed by atoms with E-state index in [-0.39, 0.29) is 0 Å². The van der Waals surface area contributed by atoms with Crippen molar-refractivity contribution in [1.82, 2.24) is 0 Å². The Morgan fingerprint density at radius 2 is 0.750 bits per heavy atom. The Morgan fingerprint density at radius 1 is 0.667 bits per heavy atom. The monoisotopic (exact) mass is 380 g/mol. The molecule has 0 fully saturated rings. The van der Waals surface area contributed by atoms with E-state index in [9.17, 15) is 0 Å². The fourth-order valence-corrected chi connectivity index (χ4v) is 0. The van der Waals surface area contributed by atoms with E-state index >= 15 is 0 Å². The summed E-state index contributed by atoms with van der Waals surface area (Å²) in [6, 6.07) is 0. The van der Waals surface area contributed by atoms with Gasteiger partial charge < -0.3 is 0 Å². The van der Waals surface area contributed by atoms with Crippen LogP contribution < -0.4 is 0 Å². The Balaban J connectivity index is 0. The summed E-state index contributed by atoms with van der Waals surface area (Å²) in [5, 5.41) is 0. The molecule has 12 heavy (non-hydrogen) atoms. The molecule has 0 rings (SSSR count). The molecule has 0 nitrogen and oxygen atoms in total. The van der Waals surface area contributed by atoms with Gasteiger partial charge in [0.2, 0.25) is 0 Å². The summed E-state index contributed by atoms with van der Waals surface area (Å²) < 4.78 is 5.63. The van der Waals surface area contributed by atoms with E-state index in [0.29, 0.717) is 0 Å². The normalized spacial score (nSPS) is 10.3. The molecule has 0 radical (unpaired) electrons. The molecule has 0 aromatic rings. The molecule has 68 valence electrons. The molecule has 0 saturated heterocycles. The Bertz CT molecular complexity index is 166. The third kappa shape index (κ3) is 22.4. The summed E-state index contributed by atoms with van der Waals surface area (Å²) in [5.41, 5.74) is 0. The summed E-state index contributed by atoms with van der Waals surface area (Å²) in [6.07, 6.45) is 10.3. The van der Waals surface area contributed by atoms with Gasteiger partial charge in [0, 0.05) is 0 Å². The van der Waals surface area contributed by atoms with Crippen LogP contribution in [0.15, 0.2) is 0 Å². The number of hydrogen-bond acceptors (Lipinski definition) is 0. The van der Waals surface area contributed by atoms with Gasteiger partial charge >= 0.3 is 87.1 Å². The van der Waals surface area contributed by atoms with Crippen LogP contribution in [-0.2, 0) is 0 Å². The summed E-state index contributed by atoms with van der Waals surface area (Å²) >= 11 is -3.41. The zero-order valence-corrected chi connectivity index (χ0v) is 14.9. The van der Waals surface area contributed by atoms with Crippen molar-refractivity contribution >= 4 is 36.8 Å². The van der Waals surface area contributed by atoms with E-state index in [4.69, 9.17) is 12.8 Å². The van der Waals surface area contributed by atoms with Crippen molar-refractivity contribution in [2.24, 2.45) is 0 Å². The SMILES string of the molecule is C#[C][Sn]([CH3])([CH3])[CH3].C#[C][Sn]([CH3])([CH3])[CH3]. The standard InChI is InChI=1S/2C2H.6CH3.2Sn/c2*1-2;;;;;;;;/h2*1H;6*1H3;;. The molecule has 0 amide bonds. The molecule has 0 aromatic heterocycles. The van der Waals surface area contributed by atoms with E-state index in [1.807, 2.05) is 0 Å². The van der Waals surface area contributed by atoms with E-state index in [0.717, 1.165) is 0 Å². The van der Waals surface area contributed by atoms with Crippen LogP contribution in [0.2, 0.25) is 29.6 Å². The molecule has 2 heteroatoms. The van der Waals surface area contributed by atoms with E-state index in [1.165, 1.54) is 0 Å². The van der Waals surface area contributed by atoms with Gasteiger partial charge in [-0.25, -0.2) is 0 Å². The third-order valence-corrected chi connectivity index (χ3v) is 5.81. The molecule has 0 aliphatic carbocycles. The fraction of sp³-hybridized carbons (Fsp3) is 0.600. The van der Waals surface area contributed by atoms with Crippen molar-refractivity contribution in [3.63, 3.8) is 0 Å². The molecule has 0 unspecified atom stereocenters. The Kier molecular flexibility index (Phi) is 7.87. The predicted octanol–water partition coefficient (Wildman–Crippen LogP) is 2.99. The Labute approximate surface area is 86.3 Å². The van der Waals surface area contributed by atoms with E-state index < -0.39 is 36.8 Å². The third-order valence-electron chi connectivity index (χ3n) is 0.866. The molecular weight excluding hydrogens is 358 g/mol. The second-order valence-corrected chi connectivity index (χ2v) is 32.1. The summed E-state index contributed by atoms with van der Waals surface area (Å²) in [4.78, 5) is 13.3. The average Bonchev–Trinajstić information content (AvgIpc) is 1.86. The molecule has 0 aliphatic heterocycles. The topological polar surface area (TPSA) is 0 Å². The predicted molar refractivity (Wildman–Crippen MR) is 64.4 cm³/mol. The van der Waals surface area contributed by atoms with Gasteiger partial charge in [0.15, 0.2) is 0 Å². The van der Waals surface area contributed by atoms with Crippen molar-refractivity contribution in [1.29, 1.82) is 0 Å². The summed E-state index contributed by atoms with van der Waals surface area (Å²) in [6.45, 7) is 0. The van der Waals surface area contributed by atoms with Gasteiger partial charge in [-0.05, 0) is 0 Å². The maximum atomic E-state index is 5.15. The number of hydrogen-bond donors (Lipinski definition) is 0. The van der Waals surface area contributed by atoms with E-state index in [1.54, 1.807) is 0 Å². The number of rotatable bonds is 0. The van der Waals surface area contributed by atoms with Crippen LogP contribution >= 0.6 is 0 Å². The van der Waals surface area contributed by atoms with Gasteiger partial charge in [-0.15, -0.1) is 0 Å². The number of terminal acetylenes is 2. The fourth-order valence-electron chi connectivity index (χ4n) is 0. The van der Waals surface area contributed by atoms with Crippen molar-refractivity contribution < 1.29 is 0 Å². The second kappa shape index (κ2) is 6.21. The van der Waals surface area contributed by atoms with Crippen molar-refractivity contribution in [2.45, 2.75) is 29.6 Å². The van der Waals surface area contributed by atoms with Crippen LogP contribution in [0.5, 0.6) is 0 Å². The van der Waals surface area contributed by atoms with Gasteiger partial charge in [-0.1, -0.05) is 0 Å². The maximum absolute atomic E-state index is 5.15. The van der Waals surface area contributed by atoms with Gasteiger partial charge in [0.25, 0.3) is 0 Å². The summed E-state index contributed by atoms with van der Waals surface area (Å²) in [7, 11) is 0. The molecule has 0 heterocycles. The second-order valence-electron chi connectivity index (χ2n) is 4.79. The minimum absolute atomic E-state index is 1.70. The molecule has 0 N–H and O–H groups in total. The van der Waals surface area contributed by atoms with Crippen molar-refractivity contribution in [2.75, 3.05) is 0 Å². The van der Waals surface area contributed by atoms with Crippen molar-refractivity contribution in [3.8, 4) is 20.7 Å². The van der Waals surface area contributed by atoms with Crippen LogP contribution in [0.1, 0.15) is 0 Å². The summed E-state index contributed by atoms with van der Waals surface area (Å²) in [5.74, 6) is 0. The van der Waals surface area contributed by atoms with Crippen molar-refractivity contribution in [3.05, 3.63) is 0 Å². The first-order valence-corrected chi connectivity index (χ1v) is 24.1. The quantitative estimate of drug-likeness (QED) is 0.450. The van der Waals surface area contributed by atoms with Crippen LogP contribution in [0.25, 0.3) is 0 Å². The average molecular weight is 378 g/mol. The first-order chi connectivity index (χ1) is 5.12. The van der Waals surface area contributed by atoms with Gasteiger partial charge in [-0.3, -0.25) is 0 Å². The van der Waals surface area contributed by atoms with Gasteiger partial charge in [0.1, 0.15) is 0 Å². The molecule has 0 bridgehead atoms. The molecular formula is C10H20Sn2. The van der Waals surface area contributed by atoms with Crippen LogP contribution in [0.4, 0.5) is 0 Å². The minimum atomic E-state index is -1.70. The van der Waals surface area contributed by atoms with Crippen LogP contribution in [0.3, 0.4) is 0 Å². The molecule has 0 aromatic carbocycles. The zero-order valence-electron chi connectivity index (χ0n) is 9.15. The van der Waals surface area contributed by atoms with Gasteiger partial charge in [0.05, 0.1) is 0 Å². The first kappa shape index (κ1) is 15.2.